The fraction of sp³-hybridized carbons (Fsp3) is 0.429. The third-order valence-corrected chi connectivity index (χ3v) is 3.60. The molecule has 2 aromatic rings. The molecule has 0 saturated carbocycles. The first kappa shape index (κ1) is 13.7. The number of aromatic amines is 1. The topological polar surface area (TPSA) is 86.8 Å². The summed E-state index contributed by atoms with van der Waals surface area (Å²) in [6.07, 6.45) is 7.06. The van der Waals surface area contributed by atoms with Crippen LogP contribution < -0.4 is 5.32 Å². The first-order chi connectivity index (χ1) is 10.3. The second-order valence-corrected chi connectivity index (χ2v) is 5.24. The van der Waals surface area contributed by atoms with Crippen LogP contribution in [0.5, 0.6) is 0 Å². The summed E-state index contributed by atoms with van der Waals surface area (Å²) in [5, 5.41) is 9.28. The van der Waals surface area contributed by atoms with Crippen LogP contribution in [-0.4, -0.2) is 50.1 Å². The van der Waals surface area contributed by atoms with Gasteiger partial charge in [0.05, 0.1) is 0 Å². The van der Waals surface area contributed by atoms with Crippen molar-refractivity contribution in [2.45, 2.75) is 25.4 Å². The molecular weight excluding hydrogens is 268 g/mol. The fourth-order valence-electron chi connectivity index (χ4n) is 2.64. The molecule has 3 heterocycles. The van der Waals surface area contributed by atoms with E-state index in [4.69, 9.17) is 0 Å². The van der Waals surface area contributed by atoms with E-state index in [-0.39, 0.29) is 17.8 Å². The molecule has 7 heteroatoms. The first-order valence-electron chi connectivity index (χ1n) is 7.09. The minimum atomic E-state index is -0.194. The van der Waals surface area contributed by atoms with Crippen molar-refractivity contribution in [2.75, 3.05) is 13.1 Å². The van der Waals surface area contributed by atoms with Crippen molar-refractivity contribution in [3.8, 4) is 0 Å². The number of rotatable bonds is 4. The van der Waals surface area contributed by atoms with E-state index in [1.165, 1.54) is 11.9 Å². The summed E-state index contributed by atoms with van der Waals surface area (Å²) in [6.45, 7) is 2.75. The Labute approximate surface area is 122 Å². The molecule has 2 aromatic heterocycles. The SMILES string of the molecule is O=C(NC1CCCN(Cc2cccnc2)C1)c1ncn[nH]1. The number of likely N-dealkylation sites (tertiary alicyclic amines) is 1. The Morgan fingerprint density at radius 1 is 1.52 bits per heavy atom. The van der Waals surface area contributed by atoms with E-state index in [0.29, 0.717) is 0 Å². The minimum absolute atomic E-state index is 0.146. The maximum Gasteiger partial charge on any atom is 0.288 e. The number of piperidine rings is 1. The summed E-state index contributed by atoms with van der Waals surface area (Å²) in [7, 11) is 0. The summed E-state index contributed by atoms with van der Waals surface area (Å²) >= 11 is 0. The van der Waals surface area contributed by atoms with Crippen LogP contribution in [0.4, 0.5) is 0 Å². The molecule has 3 rings (SSSR count). The van der Waals surface area contributed by atoms with Crippen LogP contribution in [0.3, 0.4) is 0 Å². The second kappa shape index (κ2) is 6.45. The largest absolute Gasteiger partial charge is 0.345 e. The number of hydrogen-bond acceptors (Lipinski definition) is 5. The number of H-pyrrole nitrogens is 1. The molecule has 1 atom stereocenters. The smallest absolute Gasteiger partial charge is 0.288 e. The normalized spacial score (nSPS) is 19.3. The quantitative estimate of drug-likeness (QED) is 0.859. The van der Waals surface area contributed by atoms with E-state index in [2.05, 4.69) is 36.4 Å². The van der Waals surface area contributed by atoms with Gasteiger partial charge in [0.1, 0.15) is 6.33 Å². The third kappa shape index (κ3) is 3.63. The van der Waals surface area contributed by atoms with Crippen LogP contribution in [-0.2, 0) is 6.54 Å². The molecule has 7 nitrogen and oxygen atoms in total. The van der Waals surface area contributed by atoms with Gasteiger partial charge in [-0.2, -0.15) is 5.10 Å². The van der Waals surface area contributed by atoms with Gasteiger partial charge >= 0.3 is 0 Å². The zero-order valence-corrected chi connectivity index (χ0v) is 11.7. The summed E-state index contributed by atoms with van der Waals surface area (Å²) in [5.74, 6) is 0.0695. The predicted molar refractivity (Wildman–Crippen MR) is 76.4 cm³/mol. The molecule has 0 aliphatic carbocycles. The lowest BCUT2D eigenvalue weighted by Crippen LogP contribution is -2.47. The average Bonchev–Trinajstić information content (AvgIpc) is 3.03. The first-order valence-corrected chi connectivity index (χ1v) is 7.09. The standard InChI is InChI=1S/C14H18N6O/c21-14(13-16-10-17-19-13)18-12-4-2-6-20(9-12)8-11-3-1-5-15-7-11/h1,3,5,7,10,12H,2,4,6,8-9H2,(H,18,21)(H,16,17,19). The van der Waals surface area contributed by atoms with Crippen molar-refractivity contribution in [1.82, 2.24) is 30.4 Å². The van der Waals surface area contributed by atoms with Crippen LogP contribution >= 0.6 is 0 Å². The van der Waals surface area contributed by atoms with Gasteiger partial charge in [0, 0.05) is 31.5 Å². The van der Waals surface area contributed by atoms with E-state index >= 15 is 0 Å². The van der Waals surface area contributed by atoms with Crippen LogP contribution in [0.25, 0.3) is 0 Å². The number of nitrogens with one attached hydrogen (secondary N) is 2. The molecule has 0 aromatic carbocycles. The molecule has 21 heavy (non-hydrogen) atoms. The summed E-state index contributed by atoms with van der Waals surface area (Å²) in [4.78, 5) is 22.3. The zero-order valence-electron chi connectivity index (χ0n) is 11.7. The Bertz CT molecular complexity index is 570. The highest BCUT2D eigenvalue weighted by Crippen LogP contribution is 2.13. The zero-order chi connectivity index (χ0) is 14.5. The van der Waals surface area contributed by atoms with Crippen molar-refractivity contribution >= 4 is 5.91 Å². The van der Waals surface area contributed by atoms with Gasteiger partial charge in [0.25, 0.3) is 5.91 Å². The number of pyridine rings is 1. The molecule has 2 N–H and O–H groups in total. The Balaban J connectivity index is 1.55. The van der Waals surface area contributed by atoms with E-state index in [1.807, 2.05) is 12.3 Å². The van der Waals surface area contributed by atoms with Crippen molar-refractivity contribution in [2.24, 2.45) is 0 Å². The van der Waals surface area contributed by atoms with E-state index in [9.17, 15) is 4.79 Å². The highest BCUT2D eigenvalue weighted by molar-refractivity contribution is 5.90. The summed E-state index contributed by atoms with van der Waals surface area (Å²) < 4.78 is 0. The number of carbonyl (C=O) groups is 1. The van der Waals surface area contributed by atoms with Crippen molar-refractivity contribution in [3.05, 3.63) is 42.2 Å². The van der Waals surface area contributed by atoms with Gasteiger partial charge in [-0.3, -0.25) is 19.8 Å². The minimum Gasteiger partial charge on any atom is -0.345 e. The Hall–Kier alpha value is -2.28. The molecular formula is C14H18N6O. The second-order valence-electron chi connectivity index (χ2n) is 5.24. The number of amides is 1. The Kier molecular flexibility index (Phi) is 4.20. The Morgan fingerprint density at radius 2 is 2.48 bits per heavy atom. The van der Waals surface area contributed by atoms with E-state index in [0.717, 1.165) is 32.5 Å². The summed E-state index contributed by atoms with van der Waals surface area (Å²) in [6, 6.07) is 4.17. The van der Waals surface area contributed by atoms with Crippen LogP contribution in [0.1, 0.15) is 29.0 Å². The molecule has 1 amide bonds. The third-order valence-electron chi connectivity index (χ3n) is 3.60. The maximum absolute atomic E-state index is 12.0. The number of nitrogens with zero attached hydrogens (tertiary/aromatic N) is 4. The van der Waals surface area contributed by atoms with Gasteiger partial charge in [-0.25, -0.2) is 4.98 Å². The van der Waals surface area contributed by atoms with Gasteiger partial charge < -0.3 is 5.32 Å². The molecule has 0 spiro atoms. The average molecular weight is 286 g/mol. The maximum atomic E-state index is 12.0. The van der Waals surface area contributed by atoms with E-state index < -0.39 is 0 Å². The fourth-order valence-corrected chi connectivity index (χ4v) is 2.64. The number of aromatic nitrogens is 4. The molecule has 1 aliphatic rings. The van der Waals surface area contributed by atoms with E-state index in [1.54, 1.807) is 6.20 Å². The van der Waals surface area contributed by atoms with Crippen LogP contribution in [0.2, 0.25) is 0 Å². The monoisotopic (exact) mass is 286 g/mol. The van der Waals surface area contributed by atoms with Gasteiger partial charge in [0.15, 0.2) is 0 Å². The molecule has 1 unspecified atom stereocenters. The molecule has 0 radical (unpaired) electrons. The lowest BCUT2D eigenvalue weighted by Gasteiger charge is -2.32. The van der Waals surface area contributed by atoms with Gasteiger partial charge in [0.2, 0.25) is 5.82 Å². The molecule has 1 fully saturated rings. The molecule has 110 valence electrons. The van der Waals surface area contributed by atoms with Crippen molar-refractivity contribution in [1.29, 1.82) is 0 Å². The molecule has 1 saturated heterocycles. The van der Waals surface area contributed by atoms with Crippen LogP contribution in [0, 0.1) is 0 Å². The van der Waals surface area contributed by atoms with Gasteiger partial charge in [-0.1, -0.05) is 6.07 Å². The highest BCUT2D eigenvalue weighted by Gasteiger charge is 2.22. The van der Waals surface area contributed by atoms with Gasteiger partial charge in [-0.05, 0) is 31.0 Å². The lowest BCUT2D eigenvalue weighted by molar-refractivity contribution is 0.0890. The predicted octanol–water partition coefficient (Wildman–Crippen LogP) is 0.594. The number of hydrogen-bond donors (Lipinski definition) is 2. The highest BCUT2D eigenvalue weighted by atomic mass is 16.2. The van der Waals surface area contributed by atoms with Crippen LogP contribution in [0.15, 0.2) is 30.9 Å². The number of carbonyl (C=O) groups excluding carboxylic acids is 1. The molecule has 0 bridgehead atoms. The Morgan fingerprint density at radius 3 is 3.24 bits per heavy atom. The summed E-state index contributed by atoms with van der Waals surface area (Å²) in [5.41, 5.74) is 1.19. The van der Waals surface area contributed by atoms with Crippen molar-refractivity contribution in [3.63, 3.8) is 0 Å². The lowest BCUT2D eigenvalue weighted by atomic mass is 10.0. The van der Waals surface area contributed by atoms with Crippen molar-refractivity contribution < 1.29 is 4.79 Å². The van der Waals surface area contributed by atoms with Gasteiger partial charge in [-0.15, -0.1) is 0 Å². The molecule has 1 aliphatic heterocycles.